The molecule has 0 aromatic heterocycles. The van der Waals surface area contributed by atoms with Gasteiger partial charge in [-0.2, -0.15) is 0 Å². The molecule has 0 radical (unpaired) electrons. The lowest BCUT2D eigenvalue weighted by molar-refractivity contribution is 0.474. The van der Waals surface area contributed by atoms with E-state index in [0.717, 1.165) is 11.3 Å². The van der Waals surface area contributed by atoms with Crippen molar-refractivity contribution in [2.75, 3.05) is 0 Å². The molecule has 0 aliphatic rings. The third-order valence-electron chi connectivity index (χ3n) is 2.59. The SMILES string of the molecule is Cc1ccc(N=Cc2cc(S(=O)O)ccc2O)cc1. The van der Waals surface area contributed by atoms with Gasteiger partial charge in [0.05, 0.1) is 10.6 Å². The van der Waals surface area contributed by atoms with Gasteiger partial charge in [0, 0.05) is 11.8 Å². The first-order chi connectivity index (χ1) is 9.06. The van der Waals surface area contributed by atoms with Gasteiger partial charge in [0.15, 0.2) is 11.1 Å². The summed E-state index contributed by atoms with van der Waals surface area (Å²) in [5, 5.41) is 9.67. The van der Waals surface area contributed by atoms with Gasteiger partial charge in [0.25, 0.3) is 0 Å². The van der Waals surface area contributed by atoms with E-state index >= 15 is 0 Å². The molecule has 0 aliphatic carbocycles. The van der Waals surface area contributed by atoms with E-state index in [0.29, 0.717) is 5.56 Å². The van der Waals surface area contributed by atoms with Gasteiger partial charge in [0.2, 0.25) is 0 Å². The fraction of sp³-hybridized carbons (Fsp3) is 0.0714. The number of phenols is 1. The number of rotatable bonds is 3. The largest absolute Gasteiger partial charge is 0.507 e. The van der Waals surface area contributed by atoms with Crippen LogP contribution in [0.5, 0.6) is 5.75 Å². The molecule has 0 bridgehead atoms. The zero-order valence-electron chi connectivity index (χ0n) is 10.3. The molecule has 2 aromatic carbocycles. The summed E-state index contributed by atoms with van der Waals surface area (Å²) in [6, 6.07) is 11.8. The maximum Gasteiger partial charge on any atom is 0.186 e. The Bertz CT molecular complexity index is 636. The van der Waals surface area contributed by atoms with Crippen LogP contribution in [0.25, 0.3) is 0 Å². The first-order valence-corrected chi connectivity index (χ1v) is 6.71. The van der Waals surface area contributed by atoms with E-state index in [4.69, 9.17) is 4.55 Å². The number of hydrogen-bond donors (Lipinski definition) is 2. The van der Waals surface area contributed by atoms with Gasteiger partial charge < -0.3 is 9.66 Å². The Kier molecular flexibility index (Phi) is 4.09. The minimum atomic E-state index is -2.07. The number of aryl methyl sites for hydroxylation is 1. The van der Waals surface area contributed by atoms with Crippen LogP contribution in [0.15, 0.2) is 52.4 Å². The number of hydrogen-bond acceptors (Lipinski definition) is 3. The molecule has 19 heavy (non-hydrogen) atoms. The summed E-state index contributed by atoms with van der Waals surface area (Å²) in [5.74, 6) is 0.0186. The molecule has 98 valence electrons. The van der Waals surface area contributed by atoms with Crippen molar-refractivity contribution in [2.24, 2.45) is 4.99 Å². The smallest absolute Gasteiger partial charge is 0.186 e. The summed E-state index contributed by atoms with van der Waals surface area (Å²) >= 11 is -2.07. The van der Waals surface area contributed by atoms with E-state index in [2.05, 4.69) is 4.99 Å². The number of aliphatic imine (C=N–C) groups is 1. The third-order valence-corrected chi connectivity index (χ3v) is 3.24. The summed E-state index contributed by atoms with van der Waals surface area (Å²) in [4.78, 5) is 4.44. The predicted octanol–water partition coefficient (Wildman–Crippen LogP) is 3.03. The molecule has 1 unspecified atom stereocenters. The van der Waals surface area contributed by atoms with Crippen LogP contribution in [0.3, 0.4) is 0 Å². The normalized spacial score (nSPS) is 12.7. The van der Waals surface area contributed by atoms with Gasteiger partial charge in [-0.25, -0.2) is 4.21 Å². The van der Waals surface area contributed by atoms with Crippen LogP contribution >= 0.6 is 0 Å². The molecule has 0 fully saturated rings. The lowest BCUT2D eigenvalue weighted by Gasteiger charge is -2.01. The van der Waals surface area contributed by atoms with Crippen molar-refractivity contribution in [1.29, 1.82) is 0 Å². The highest BCUT2D eigenvalue weighted by molar-refractivity contribution is 7.79. The third kappa shape index (κ3) is 3.49. The quantitative estimate of drug-likeness (QED) is 0.668. The molecular formula is C14H13NO3S. The second-order valence-electron chi connectivity index (χ2n) is 4.06. The lowest BCUT2D eigenvalue weighted by Crippen LogP contribution is -1.91. The molecular weight excluding hydrogens is 262 g/mol. The highest BCUT2D eigenvalue weighted by Gasteiger charge is 2.04. The summed E-state index contributed by atoms with van der Waals surface area (Å²) < 4.78 is 20.0. The first kappa shape index (κ1) is 13.5. The fourth-order valence-electron chi connectivity index (χ4n) is 1.52. The van der Waals surface area contributed by atoms with Gasteiger partial charge in [-0.3, -0.25) is 4.99 Å². The zero-order valence-corrected chi connectivity index (χ0v) is 11.1. The maximum atomic E-state index is 11.0. The minimum Gasteiger partial charge on any atom is -0.507 e. The topological polar surface area (TPSA) is 69.9 Å². The molecule has 0 saturated carbocycles. The molecule has 2 rings (SSSR count). The van der Waals surface area contributed by atoms with Gasteiger partial charge in [-0.05, 0) is 37.3 Å². The molecule has 0 saturated heterocycles. The van der Waals surface area contributed by atoms with Crippen molar-refractivity contribution < 1.29 is 13.9 Å². The zero-order chi connectivity index (χ0) is 13.8. The van der Waals surface area contributed by atoms with Crippen molar-refractivity contribution in [3.05, 3.63) is 53.6 Å². The van der Waals surface area contributed by atoms with Crippen LogP contribution in [0.4, 0.5) is 5.69 Å². The highest BCUT2D eigenvalue weighted by atomic mass is 32.2. The standard InChI is InChI=1S/C14H13NO3S/c1-10-2-4-12(5-3-10)15-9-11-8-13(19(17)18)6-7-14(11)16/h2-9,16H,1H3,(H,17,18). The van der Waals surface area contributed by atoms with Gasteiger partial charge in [0.1, 0.15) is 5.75 Å². The average Bonchev–Trinajstić information content (AvgIpc) is 2.39. The maximum absolute atomic E-state index is 11.0. The molecule has 5 heteroatoms. The number of aromatic hydroxyl groups is 1. The second kappa shape index (κ2) is 5.77. The van der Waals surface area contributed by atoms with Crippen molar-refractivity contribution in [2.45, 2.75) is 11.8 Å². The lowest BCUT2D eigenvalue weighted by atomic mass is 10.2. The number of phenolic OH excluding ortho intramolecular Hbond substituents is 1. The summed E-state index contributed by atoms with van der Waals surface area (Å²) in [5.41, 5.74) is 2.29. The molecule has 0 aliphatic heterocycles. The van der Waals surface area contributed by atoms with Crippen molar-refractivity contribution in [1.82, 2.24) is 0 Å². The van der Waals surface area contributed by atoms with E-state index in [1.165, 1.54) is 24.4 Å². The van der Waals surface area contributed by atoms with Crippen molar-refractivity contribution >= 4 is 23.0 Å². The summed E-state index contributed by atoms with van der Waals surface area (Å²) in [7, 11) is 0. The summed E-state index contributed by atoms with van der Waals surface area (Å²) in [6.07, 6.45) is 1.47. The van der Waals surface area contributed by atoms with Gasteiger partial charge in [-0.1, -0.05) is 17.7 Å². The van der Waals surface area contributed by atoms with Crippen LogP contribution in [0, 0.1) is 6.92 Å². The Morgan fingerprint density at radius 2 is 1.84 bits per heavy atom. The monoisotopic (exact) mass is 275 g/mol. The summed E-state index contributed by atoms with van der Waals surface area (Å²) in [6.45, 7) is 1.99. The van der Waals surface area contributed by atoms with E-state index in [1.54, 1.807) is 0 Å². The number of nitrogens with zero attached hydrogens (tertiary/aromatic N) is 1. The Hall–Kier alpha value is -1.98. The van der Waals surface area contributed by atoms with E-state index in [-0.39, 0.29) is 10.6 Å². The molecule has 0 spiro atoms. The molecule has 1 atom stereocenters. The van der Waals surface area contributed by atoms with Crippen LogP contribution in [-0.2, 0) is 11.1 Å². The van der Waals surface area contributed by atoms with Crippen LogP contribution in [0.1, 0.15) is 11.1 Å². The Morgan fingerprint density at radius 1 is 1.16 bits per heavy atom. The van der Waals surface area contributed by atoms with Crippen molar-refractivity contribution in [3.8, 4) is 5.75 Å². The Morgan fingerprint density at radius 3 is 2.47 bits per heavy atom. The molecule has 4 nitrogen and oxygen atoms in total. The molecule has 2 N–H and O–H groups in total. The average molecular weight is 275 g/mol. The van der Waals surface area contributed by atoms with E-state index < -0.39 is 11.1 Å². The molecule has 2 aromatic rings. The fourth-order valence-corrected chi connectivity index (χ4v) is 1.93. The number of benzene rings is 2. The van der Waals surface area contributed by atoms with Gasteiger partial charge in [-0.15, -0.1) is 0 Å². The van der Waals surface area contributed by atoms with Crippen LogP contribution in [0.2, 0.25) is 0 Å². The Balaban J connectivity index is 2.29. The van der Waals surface area contributed by atoms with Crippen molar-refractivity contribution in [3.63, 3.8) is 0 Å². The van der Waals surface area contributed by atoms with Gasteiger partial charge >= 0.3 is 0 Å². The van der Waals surface area contributed by atoms with Crippen LogP contribution in [-0.4, -0.2) is 20.1 Å². The van der Waals surface area contributed by atoms with E-state index in [9.17, 15) is 9.32 Å². The predicted molar refractivity (Wildman–Crippen MR) is 75.6 cm³/mol. The Labute approximate surface area is 113 Å². The molecule has 0 amide bonds. The minimum absolute atomic E-state index is 0.0186. The first-order valence-electron chi connectivity index (χ1n) is 5.61. The second-order valence-corrected chi connectivity index (χ2v) is 5.03. The highest BCUT2D eigenvalue weighted by Crippen LogP contribution is 2.20. The molecule has 0 heterocycles. The van der Waals surface area contributed by atoms with E-state index in [1.807, 2.05) is 31.2 Å². The van der Waals surface area contributed by atoms with Crippen LogP contribution < -0.4 is 0 Å².